The van der Waals surface area contributed by atoms with Gasteiger partial charge in [0, 0.05) is 16.3 Å². The van der Waals surface area contributed by atoms with Crippen LogP contribution in [0, 0.1) is 11.3 Å². The normalized spacial score (nSPS) is 15.1. The average Bonchev–Trinajstić information content (AvgIpc) is 3.40. The second-order valence-electron chi connectivity index (χ2n) is 7.10. The molecule has 1 aromatic heterocycles. The van der Waals surface area contributed by atoms with E-state index in [1.807, 2.05) is 36.4 Å². The van der Waals surface area contributed by atoms with Crippen molar-refractivity contribution in [1.82, 2.24) is 0 Å². The SMILES string of the molecule is N#CC1(c2ccc(NC(=O)c3ccc(-c4ccc(Cl)cc4)o3)cc2)CCCC1. The molecule has 0 aliphatic heterocycles. The first-order valence-electron chi connectivity index (χ1n) is 9.29. The number of nitrogens with zero attached hydrogens (tertiary/aromatic N) is 1. The maximum atomic E-state index is 12.5. The number of benzene rings is 2. The van der Waals surface area contributed by atoms with E-state index in [1.165, 1.54) is 0 Å². The first-order chi connectivity index (χ1) is 13.6. The van der Waals surface area contributed by atoms with Crippen molar-refractivity contribution in [2.75, 3.05) is 5.32 Å². The maximum Gasteiger partial charge on any atom is 0.291 e. The number of carbonyl (C=O) groups is 1. The summed E-state index contributed by atoms with van der Waals surface area (Å²) in [6.07, 6.45) is 3.96. The Labute approximate surface area is 168 Å². The molecule has 0 spiro atoms. The van der Waals surface area contributed by atoms with Crippen molar-refractivity contribution < 1.29 is 9.21 Å². The predicted octanol–water partition coefficient (Wildman–Crippen LogP) is 6.19. The zero-order valence-electron chi connectivity index (χ0n) is 15.2. The lowest BCUT2D eigenvalue weighted by atomic mass is 9.80. The standard InChI is InChI=1S/C23H19ClN2O2/c24-18-7-3-16(4-8-18)20-11-12-21(28-20)22(27)26-19-9-5-17(6-10-19)23(15-25)13-1-2-14-23/h3-12H,1-2,13-14H2,(H,26,27). The third-order valence-corrected chi connectivity index (χ3v) is 5.58. The molecule has 5 heteroatoms. The molecule has 0 unspecified atom stereocenters. The van der Waals surface area contributed by atoms with Crippen molar-refractivity contribution in [3.63, 3.8) is 0 Å². The molecule has 0 bridgehead atoms. The lowest BCUT2D eigenvalue weighted by molar-refractivity contribution is 0.0997. The van der Waals surface area contributed by atoms with E-state index in [-0.39, 0.29) is 17.1 Å². The predicted molar refractivity (Wildman–Crippen MR) is 109 cm³/mol. The maximum absolute atomic E-state index is 12.5. The minimum atomic E-state index is -0.378. The summed E-state index contributed by atoms with van der Waals surface area (Å²) in [6.45, 7) is 0. The van der Waals surface area contributed by atoms with E-state index >= 15 is 0 Å². The van der Waals surface area contributed by atoms with Crippen molar-refractivity contribution in [3.8, 4) is 17.4 Å². The summed E-state index contributed by atoms with van der Waals surface area (Å²) in [5.74, 6) is 0.525. The summed E-state index contributed by atoms with van der Waals surface area (Å²) in [6, 6.07) is 20.7. The Balaban J connectivity index is 1.47. The van der Waals surface area contributed by atoms with Gasteiger partial charge in [0.05, 0.1) is 11.5 Å². The van der Waals surface area contributed by atoms with Crippen LogP contribution in [-0.2, 0) is 5.41 Å². The number of hydrogen-bond acceptors (Lipinski definition) is 3. The van der Waals surface area contributed by atoms with Gasteiger partial charge in [-0.15, -0.1) is 0 Å². The number of amides is 1. The largest absolute Gasteiger partial charge is 0.451 e. The second kappa shape index (κ2) is 7.53. The van der Waals surface area contributed by atoms with Crippen LogP contribution >= 0.6 is 11.6 Å². The van der Waals surface area contributed by atoms with E-state index in [0.29, 0.717) is 16.5 Å². The fraction of sp³-hybridized carbons (Fsp3) is 0.217. The molecule has 1 saturated carbocycles. The molecule has 1 amide bonds. The van der Waals surface area contributed by atoms with Crippen molar-refractivity contribution in [3.05, 3.63) is 77.0 Å². The van der Waals surface area contributed by atoms with Crippen LogP contribution in [0.4, 0.5) is 5.69 Å². The molecule has 1 N–H and O–H groups in total. The lowest BCUT2D eigenvalue weighted by Crippen LogP contribution is -2.19. The molecule has 0 radical (unpaired) electrons. The molecule has 1 heterocycles. The van der Waals surface area contributed by atoms with Crippen molar-refractivity contribution in [2.24, 2.45) is 0 Å². The van der Waals surface area contributed by atoms with Crippen LogP contribution in [0.15, 0.2) is 65.1 Å². The third-order valence-electron chi connectivity index (χ3n) is 5.33. The summed E-state index contributed by atoms with van der Waals surface area (Å²) in [5.41, 5.74) is 2.17. The highest BCUT2D eigenvalue weighted by molar-refractivity contribution is 6.30. The van der Waals surface area contributed by atoms with Crippen LogP contribution in [0.25, 0.3) is 11.3 Å². The molecular weight excluding hydrogens is 372 g/mol. The number of rotatable bonds is 4. The van der Waals surface area contributed by atoms with Gasteiger partial charge in [0.2, 0.25) is 0 Å². The average molecular weight is 391 g/mol. The van der Waals surface area contributed by atoms with E-state index in [0.717, 1.165) is 36.8 Å². The van der Waals surface area contributed by atoms with Gasteiger partial charge in [0.25, 0.3) is 5.91 Å². The van der Waals surface area contributed by atoms with Gasteiger partial charge in [0.1, 0.15) is 5.76 Å². The van der Waals surface area contributed by atoms with Crippen molar-refractivity contribution in [1.29, 1.82) is 5.26 Å². The van der Waals surface area contributed by atoms with Gasteiger partial charge in [0.15, 0.2) is 5.76 Å². The Hall–Kier alpha value is -3.03. The van der Waals surface area contributed by atoms with Crippen LogP contribution in [0.1, 0.15) is 41.8 Å². The highest BCUT2D eigenvalue weighted by Crippen LogP contribution is 2.40. The summed E-state index contributed by atoms with van der Waals surface area (Å²) < 4.78 is 5.68. The van der Waals surface area contributed by atoms with E-state index < -0.39 is 0 Å². The van der Waals surface area contributed by atoms with Crippen LogP contribution in [-0.4, -0.2) is 5.91 Å². The van der Waals surface area contributed by atoms with E-state index in [2.05, 4.69) is 11.4 Å². The van der Waals surface area contributed by atoms with Gasteiger partial charge in [-0.1, -0.05) is 36.6 Å². The molecule has 2 aromatic carbocycles. The molecule has 1 aliphatic rings. The zero-order chi connectivity index (χ0) is 19.6. The van der Waals surface area contributed by atoms with Gasteiger partial charge in [-0.3, -0.25) is 4.79 Å². The van der Waals surface area contributed by atoms with Crippen LogP contribution in [0.3, 0.4) is 0 Å². The minimum Gasteiger partial charge on any atom is -0.451 e. The molecule has 4 rings (SSSR count). The van der Waals surface area contributed by atoms with Crippen molar-refractivity contribution in [2.45, 2.75) is 31.1 Å². The molecule has 1 aliphatic carbocycles. The van der Waals surface area contributed by atoms with Crippen LogP contribution in [0.2, 0.25) is 5.02 Å². The Morgan fingerprint density at radius 1 is 1.00 bits per heavy atom. The fourth-order valence-electron chi connectivity index (χ4n) is 3.74. The van der Waals surface area contributed by atoms with Gasteiger partial charge in [-0.2, -0.15) is 5.26 Å². The van der Waals surface area contributed by atoms with Crippen molar-refractivity contribution >= 4 is 23.2 Å². The molecule has 4 nitrogen and oxygen atoms in total. The monoisotopic (exact) mass is 390 g/mol. The topological polar surface area (TPSA) is 66.0 Å². The summed E-state index contributed by atoms with van der Waals surface area (Å²) >= 11 is 5.90. The number of halogens is 1. The molecule has 28 heavy (non-hydrogen) atoms. The smallest absolute Gasteiger partial charge is 0.291 e. The Morgan fingerprint density at radius 3 is 2.32 bits per heavy atom. The quantitative estimate of drug-likeness (QED) is 0.577. The molecule has 1 fully saturated rings. The van der Waals surface area contributed by atoms with Gasteiger partial charge < -0.3 is 9.73 Å². The zero-order valence-corrected chi connectivity index (χ0v) is 16.0. The lowest BCUT2D eigenvalue weighted by Gasteiger charge is -2.20. The number of hydrogen-bond donors (Lipinski definition) is 1. The number of nitriles is 1. The Morgan fingerprint density at radius 2 is 1.68 bits per heavy atom. The van der Waals surface area contributed by atoms with E-state index in [1.54, 1.807) is 24.3 Å². The van der Waals surface area contributed by atoms with Gasteiger partial charge in [-0.05, 0) is 66.9 Å². The summed E-state index contributed by atoms with van der Waals surface area (Å²) in [5, 5.41) is 13.1. The van der Waals surface area contributed by atoms with Gasteiger partial charge in [-0.25, -0.2) is 0 Å². The number of carbonyl (C=O) groups excluding carboxylic acids is 1. The van der Waals surface area contributed by atoms with Crippen LogP contribution in [0.5, 0.6) is 0 Å². The Kier molecular flexibility index (Phi) is 4.93. The first-order valence-corrected chi connectivity index (χ1v) is 9.66. The summed E-state index contributed by atoms with van der Waals surface area (Å²) in [4.78, 5) is 12.5. The molecule has 0 saturated heterocycles. The van der Waals surface area contributed by atoms with E-state index in [9.17, 15) is 10.1 Å². The van der Waals surface area contributed by atoms with Gasteiger partial charge >= 0.3 is 0 Å². The minimum absolute atomic E-state index is 0.235. The van der Waals surface area contributed by atoms with E-state index in [4.69, 9.17) is 16.0 Å². The number of nitrogens with one attached hydrogen (secondary N) is 1. The van der Waals surface area contributed by atoms with Crippen LogP contribution < -0.4 is 5.32 Å². The fourth-order valence-corrected chi connectivity index (χ4v) is 3.86. The molecule has 3 aromatic rings. The third kappa shape index (κ3) is 3.54. The second-order valence-corrected chi connectivity index (χ2v) is 7.54. The molecule has 140 valence electrons. The molecule has 0 atom stereocenters. The number of furan rings is 1. The molecular formula is C23H19ClN2O2. The highest BCUT2D eigenvalue weighted by atomic mass is 35.5. The summed E-state index contributed by atoms with van der Waals surface area (Å²) in [7, 11) is 0. The number of anilines is 1. The Bertz CT molecular complexity index is 1020. The highest BCUT2D eigenvalue weighted by Gasteiger charge is 2.35. The first kappa shape index (κ1) is 18.3.